The average molecular weight is 725 g/mol. The van der Waals surface area contributed by atoms with E-state index in [1.165, 1.54) is 12.5 Å². The van der Waals surface area contributed by atoms with Crippen LogP contribution in [0.4, 0.5) is 0 Å². The van der Waals surface area contributed by atoms with Crippen molar-refractivity contribution in [3.63, 3.8) is 0 Å². The van der Waals surface area contributed by atoms with Gasteiger partial charge in [-0.05, 0) is 68.1 Å². The Hall–Kier alpha value is -0.780. The number of aliphatic hydroxyl groups excluding tert-OH is 7. The molecule has 4 aliphatic heterocycles. The van der Waals surface area contributed by atoms with Crippen LogP contribution in [-0.4, -0.2) is 134 Å². The fraction of sp³-hybridized carbons (Fsp3) is 0.947. The predicted molar refractivity (Wildman–Crippen MR) is 178 cm³/mol. The molecule has 0 aromatic carbocycles. The Labute approximate surface area is 300 Å². The van der Waals surface area contributed by atoms with Crippen LogP contribution in [0, 0.1) is 46.3 Å². The number of rotatable bonds is 4. The van der Waals surface area contributed by atoms with Gasteiger partial charge in [-0.15, -0.1) is 0 Å². The van der Waals surface area contributed by atoms with Gasteiger partial charge in [0.25, 0.3) is 0 Å². The van der Waals surface area contributed by atoms with Gasteiger partial charge in [-0.25, -0.2) is 0 Å². The Morgan fingerprint density at radius 1 is 0.824 bits per heavy atom. The highest BCUT2D eigenvalue weighted by atomic mass is 16.8. The summed E-state index contributed by atoms with van der Waals surface area (Å²) in [6.45, 7) is 10.8. The van der Waals surface area contributed by atoms with Gasteiger partial charge in [-0.1, -0.05) is 39.3 Å². The first-order valence-electron chi connectivity index (χ1n) is 19.4. The maximum atomic E-state index is 11.1. The van der Waals surface area contributed by atoms with Gasteiger partial charge in [0.05, 0.1) is 43.7 Å². The van der Waals surface area contributed by atoms with E-state index in [4.69, 9.17) is 28.4 Å². The third kappa shape index (κ3) is 5.66. The van der Waals surface area contributed by atoms with Gasteiger partial charge in [-0.2, -0.15) is 0 Å². The van der Waals surface area contributed by atoms with Crippen LogP contribution in [0.1, 0.15) is 79.6 Å². The quantitative estimate of drug-likeness (QED) is 0.203. The maximum absolute atomic E-state index is 11.1. The fourth-order valence-electron chi connectivity index (χ4n) is 12.4. The second-order valence-electron chi connectivity index (χ2n) is 18.0. The van der Waals surface area contributed by atoms with Gasteiger partial charge in [0.15, 0.2) is 18.4 Å². The average Bonchev–Trinajstić information content (AvgIpc) is 3.53. The molecule has 4 aliphatic carbocycles. The van der Waals surface area contributed by atoms with E-state index in [2.05, 4.69) is 26.8 Å². The van der Waals surface area contributed by atoms with Crippen molar-refractivity contribution in [2.24, 2.45) is 46.3 Å². The number of hydrogen-bond acceptors (Lipinski definition) is 13. The molecule has 7 N–H and O–H groups in total. The molecule has 8 rings (SSSR count). The standard InChI is InChI=1S/C38H60O13/c1-16-14-47-38(13-24(16)40)17(2)28-26(51-38)12-23-21-7-6-19-10-20(39)11-27(37(19,5)22(21)8-9-36(23,28)4)49-35-33(30(43)25(41)15-46-35)50-34-32(45)31(44)29(42)18(3)48-34/h6,16-18,20-35,39-45H,7-15H2,1-5H3/t16-,17+,18-,20-,21-,22-,23-,24+,25+,26-,27-,28+,29+,30+,31+,32+,33+,34+,35+,36+,37+,38-/m1/s1. The van der Waals surface area contributed by atoms with Crippen molar-refractivity contribution in [1.82, 2.24) is 0 Å². The Morgan fingerprint density at radius 2 is 1.59 bits per heavy atom. The van der Waals surface area contributed by atoms with Crippen molar-refractivity contribution < 1.29 is 64.2 Å². The van der Waals surface area contributed by atoms with E-state index in [-0.39, 0.29) is 35.9 Å². The number of hydrogen-bond donors (Lipinski definition) is 7. The fourth-order valence-corrected chi connectivity index (χ4v) is 12.4. The highest BCUT2D eigenvalue weighted by Gasteiger charge is 2.70. The summed E-state index contributed by atoms with van der Waals surface area (Å²) in [6.07, 6.45) is -5.94. The van der Waals surface area contributed by atoms with Crippen LogP contribution in [-0.2, 0) is 28.4 Å². The summed E-state index contributed by atoms with van der Waals surface area (Å²) in [6, 6.07) is 0. The van der Waals surface area contributed by atoms with Crippen LogP contribution < -0.4 is 0 Å². The van der Waals surface area contributed by atoms with E-state index in [0.29, 0.717) is 43.6 Å². The Bertz CT molecular complexity index is 1330. The molecule has 0 unspecified atom stereocenters. The van der Waals surface area contributed by atoms with Crippen LogP contribution >= 0.6 is 0 Å². The summed E-state index contributed by atoms with van der Waals surface area (Å²) in [5, 5.41) is 75.0. The summed E-state index contributed by atoms with van der Waals surface area (Å²) in [5.41, 5.74) is 0.759. The molecular weight excluding hydrogens is 664 g/mol. The monoisotopic (exact) mass is 724 g/mol. The zero-order chi connectivity index (χ0) is 36.4. The molecule has 4 heterocycles. The molecule has 0 aromatic heterocycles. The van der Waals surface area contributed by atoms with Crippen LogP contribution in [0.2, 0.25) is 0 Å². The van der Waals surface area contributed by atoms with Crippen LogP contribution in [0.3, 0.4) is 0 Å². The van der Waals surface area contributed by atoms with Crippen molar-refractivity contribution in [1.29, 1.82) is 0 Å². The van der Waals surface area contributed by atoms with E-state index in [0.717, 1.165) is 25.7 Å². The van der Waals surface area contributed by atoms with E-state index in [9.17, 15) is 35.7 Å². The van der Waals surface area contributed by atoms with Gasteiger partial charge in [0, 0.05) is 30.1 Å². The number of ether oxygens (including phenoxy) is 6. The Morgan fingerprint density at radius 3 is 2.33 bits per heavy atom. The highest BCUT2D eigenvalue weighted by Crippen LogP contribution is 2.71. The van der Waals surface area contributed by atoms with Crippen molar-refractivity contribution in [2.45, 2.75) is 165 Å². The zero-order valence-electron chi connectivity index (χ0n) is 30.5. The maximum Gasteiger partial charge on any atom is 0.187 e. The number of allylic oxidation sites excluding steroid dienone is 1. The molecule has 13 nitrogen and oxygen atoms in total. The second-order valence-corrected chi connectivity index (χ2v) is 18.0. The summed E-state index contributed by atoms with van der Waals surface area (Å²) in [4.78, 5) is 0. The molecule has 0 amide bonds. The van der Waals surface area contributed by atoms with E-state index in [1.807, 2.05) is 6.92 Å². The molecule has 0 aromatic rings. The minimum absolute atomic E-state index is 0.0418. The lowest BCUT2D eigenvalue weighted by atomic mass is 9.46. The smallest absolute Gasteiger partial charge is 0.187 e. The Balaban J connectivity index is 1.04. The third-order valence-corrected chi connectivity index (χ3v) is 15.4. The molecule has 0 bridgehead atoms. The topological polar surface area (TPSA) is 197 Å². The highest BCUT2D eigenvalue weighted by molar-refractivity contribution is 5.29. The molecule has 7 fully saturated rings. The number of aliphatic hydroxyl groups is 7. The van der Waals surface area contributed by atoms with Gasteiger partial charge in [0.2, 0.25) is 0 Å². The Kier molecular flexibility index (Phi) is 9.60. The summed E-state index contributed by atoms with van der Waals surface area (Å²) >= 11 is 0. The first-order chi connectivity index (χ1) is 24.1. The van der Waals surface area contributed by atoms with Gasteiger partial charge in [0.1, 0.15) is 36.6 Å². The molecule has 13 heteroatoms. The van der Waals surface area contributed by atoms with E-state index in [1.54, 1.807) is 0 Å². The van der Waals surface area contributed by atoms with E-state index < -0.39 is 84.8 Å². The van der Waals surface area contributed by atoms with Gasteiger partial charge < -0.3 is 64.2 Å². The summed E-state index contributed by atoms with van der Waals surface area (Å²) < 4.78 is 37.8. The van der Waals surface area contributed by atoms with Crippen molar-refractivity contribution in [3.8, 4) is 0 Å². The molecular formula is C38H60O13. The first kappa shape index (κ1) is 37.2. The molecule has 51 heavy (non-hydrogen) atoms. The summed E-state index contributed by atoms with van der Waals surface area (Å²) in [7, 11) is 0. The van der Waals surface area contributed by atoms with Crippen molar-refractivity contribution >= 4 is 0 Å². The van der Waals surface area contributed by atoms with Crippen LogP contribution in [0.25, 0.3) is 0 Å². The number of fused-ring (bicyclic) bond motifs is 7. The van der Waals surface area contributed by atoms with Gasteiger partial charge in [-0.3, -0.25) is 0 Å². The zero-order valence-corrected chi connectivity index (χ0v) is 30.5. The van der Waals surface area contributed by atoms with Gasteiger partial charge >= 0.3 is 0 Å². The first-order valence-corrected chi connectivity index (χ1v) is 19.4. The van der Waals surface area contributed by atoms with E-state index >= 15 is 0 Å². The third-order valence-electron chi connectivity index (χ3n) is 15.4. The molecule has 0 radical (unpaired) electrons. The minimum Gasteiger partial charge on any atom is -0.393 e. The molecule has 22 atom stereocenters. The largest absolute Gasteiger partial charge is 0.393 e. The van der Waals surface area contributed by atoms with Crippen molar-refractivity contribution in [3.05, 3.63) is 11.6 Å². The lowest BCUT2D eigenvalue weighted by Crippen LogP contribution is -2.63. The molecule has 290 valence electrons. The second kappa shape index (κ2) is 13.2. The predicted octanol–water partition coefficient (Wildman–Crippen LogP) is 0.971. The molecule has 3 saturated carbocycles. The summed E-state index contributed by atoms with van der Waals surface area (Å²) in [5.74, 6) is 0.859. The minimum atomic E-state index is -1.62. The SMILES string of the molecule is C[C@@H]1CO[C@]2(C[C@@H]1O)O[C@@H]1C[C@@H]3[C@@H]4CC=C5C[C@@H](O)C[C@@H](O[C@@H]6OC[C@H](O)[C@H](O)[C@@H]6O[C@@H]6O[C@H](C)[C@H](O)[C@H](O)[C@@H]6O)[C@]5(C)[C@@H]4CC[C@]3(C)[C@H]1[C@@H]2C. The normalized spacial score (nSPS) is 59.8. The lowest BCUT2D eigenvalue weighted by Gasteiger charge is -2.60. The lowest BCUT2D eigenvalue weighted by molar-refractivity contribution is -0.362. The van der Waals surface area contributed by atoms with Crippen LogP contribution in [0.15, 0.2) is 11.6 Å². The molecule has 1 spiro atoms. The van der Waals surface area contributed by atoms with Crippen LogP contribution in [0.5, 0.6) is 0 Å². The molecule has 4 saturated heterocycles. The van der Waals surface area contributed by atoms with Crippen molar-refractivity contribution in [2.75, 3.05) is 13.2 Å². The molecule has 8 aliphatic rings.